The molecule has 1 saturated carbocycles. The second kappa shape index (κ2) is 7.32. The number of carbonyl (C=O) groups is 1. The van der Waals surface area contributed by atoms with Crippen molar-refractivity contribution in [2.45, 2.75) is 44.9 Å². The average Bonchev–Trinajstić information content (AvgIpc) is 2.82. The fourth-order valence-electron chi connectivity index (χ4n) is 2.63. The molecule has 1 aliphatic rings. The van der Waals surface area contributed by atoms with Crippen molar-refractivity contribution in [1.82, 2.24) is 0 Å². The Hall–Kier alpha value is -0.310. The van der Waals surface area contributed by atoms with Crippen LogP contribution in [0.15, 0.2) is 24.3 Å². The standard InChI is InChI=1S/C15H20O2.Na/c1-11(15(16)17)14-8-6-13(7-9-14)10-12-4-2-3-5-12;/h6-9,11-12H,2-5,10H2,1H3,(H,16,17);/q;+1/p-1. The Balaban J connectivity index is 0.00000162. The van der Waals surface area contributed by atoms with Crippen LogP contribution >= 0.6 is 0 Å². The maximum absolute atomic E-state index is 10.8. The Morgan fingerprint density at radius 3 is 2.33 bits per heavy atom. The molecule has 0 radical (unpaired) electrons. The quantitative estimate of drug-likeness (QED) is 0.665. The van der Waals surface area contributed by atoms with Gasteiger partial charge in [0, 0.05) is 11.9 Å². The molecule has 1 atom stereocenters. The van der Waals surface area contributed by atoms with Gasteiger partial charge in [0.1, 0.15) is 0 Å². The molecule has 0 aliphatic heterocycles. The van der Waals surface area contributed by atoms with E-state index in [0.717, 1.165) is 17.9 Å². The molecule has 92 valence electrons. The van der Waals surface area contributed by atoms with E-state index >= 15 is 0 Å². The van der Waals surface area contributed by atoms with Crippen LogP contribution in [0.5, 0.6) is 0 Å². The summed E-state index contributed by atoms with van der Waals surface area (Å²) < 4.78 is 0. The van der Waals surface area contributed by atoms with Crippen LogP contribution < -0.4 is 34.7 Å². The van der Waals surface area contributed by atoms with E-state index in [1.54, 1.807) is 6.92 Å². The Bertz CT molecular complexity index is 380. The third-order valence-electron chi connectivity index (χ3n) is 3.83. The van der Waals surface area contributed by atoms with Gasteiger partial charge in [0.05, 0.1) is 0 Å². The van der Waals surface area contributed by atoms with E-state index in [9.17, 15) is 9.90 Å². The molecule has 1 aromatic carbocycles. The first-order chi connectivity index (χ1) is 8.16. The van der Waals surface area contributed by atoms with Crippen LogP contribution in [0.4, 0.5) is 0 Å². The molecule has 1 aromatic rings. The van der Waals surface area contributed by atoms with Crippen molar-refractivity contribution in [3.63, 3.8) is 0 Å². The molecule has 18 heavy (non-hydrogen) atoms. The molecule has 1 aliphatic carbocycles. The molecule has 2 nitrogen and oxygen atoms in total. The van der Waals surface area contributed by atoms with Gasteiger partial charge in [0.25, 0.3) is 0 Å². The third-order valence-corrected chi connectivity index (χ3v) is 3.83. The SMILES string of the molecule is CC(C(=O)[O-])c1ccc(CC2CCCC2)cc1.[Na+]. The zero-order valence-corrected chi connectivity index (χ0v) is 13.3. The summed E-state index contributed by atoms with van der Waals surface area (Å²) in [5, 5.41) is 10.8. The summed E-state index contributed by atoms with van der Waals surface area (Å²) in [6, 6.07) is 7.97. The number of benzene rings is 1. The van der Waals surface area contributed by atoms with Crippen molar-refractivity contribution in [1.29, 1.82) is 0 Å². The van der Waals surface area contributed by atoms with Crippen LogP contribution in [0.25, 0.3) is 0 Å². The van der Waals surface area contributed by atoms with Gasteiger partial charge in [-0.05, 0) is 23.5 Å². The summed E-state index contributed by atoms with van der Waals surface area (Å²) in [5.41, 5.74) is 2.16. The zero-order valence-electron chi connectivity index (χ0n) is 11.3. The van der Waals surface area contributed by atoms with Crippen LogP contribution in [-0.2, 0) is 11.2 Å². The maximum Gasteiger partial charge on any atom is 1.00 e. The molecule has 0 amide bonds. The van der Waals surface area contributed by atoms with Crippen molar-refractivity contribution in [3.05, 3.63) is 35.4 Å². The molecular formula is C15H19NaO2. The van der Waals surface area contributed by atoms with E-state index in [1.807, 2.05) is 12.1 Å². The summed E-state index contributed by atoms with van der Waals surface area (Å²) >= 11 is 0. The topological polar surface area (TPSA) is 40.1 Å². The van der Waals surface area contributed by atoms with Crippen molar-refractivity contribution in [3.8, 4) is 0 Å². The van der Waals surface area contributed by atoms with Crippen molar-refractivity contribution < 1.29 is 39.5 Å². The molecule has 1 fully saturated rings. The predicted molar refractivity (Wildman–Crippen MR) is 65.5 cm³/mol. The van der Waals surface area contributed by atoms with E-state index in [1.165, 1.54) is 31.2 Å². The minimum Gasteiger partial charge on any atom is -0.550 e. The molecule has 1 unspecified atom stereocenters. The van der Waals surface area contributed by atoms with Gasteiger partial charge in [-0.25, -0.2) is 0 Å². The number of hydrogen-bond acceptors (Lipinski definition) is 2. The number of carboxylic acid groups (broad SMARTS) is 1. The fraction of sp³-hybridized carbons (Fsp3) is 0.533. The molecule has 2 rings (SSSR count). The monoisotopic (exact) mass is 254 g/mol. The van der Waals surface area contributed by atoms with Crippen molar-refractivity contribution in [2.24, 2.45) is 5.92 Å². The predicted octanol–water partition coefficient (Wildman–Crippen LogP) is -0.723. The van der Waals surface area contributed by atoms with Crippen molar-refractivity contribution in [2.75, 3.05) is 0 Å². The Kier molecular flexibility index (Phi) is 6.40. The average molecular weight is 254 g/mol. The summed E-state index contributed by atoms with van der Waals surface area (Å²) in [4.78, 5) is 10.8. The molecule has 0 aromatic heterocycles. The molecule has 0 N–H and O–H groups in total. The molecule has 0 spiro atoms. The normalized spacial score (nSPS) is 17.2. The number of hydrogen-bond donors (Lipinski definition) is 0. The van der Waals surface area contributed by atoms with E-state index in [-0.39, 0.29) is 29.6 Å². The van der Waals surface area contributed by atoms with E-state index in [0.29, 0.717) is 0 Å². The van der Waals surface area contributed by atoms with E-state index in [2.05, 4.69) is 12.1 Å². The minimum absolute atomic E-state index is 0. The Labute approximate surface area is 131 Å². The van der Waals surface area contributed by atoms with E-state index in [4.69, 9.17) is 0 Å². The molecule has 0 saturated heterocycles. The van der Waals surface area contributed by atoms with Crippen LogP contribution in [0.3, 0.4) is 0 Å². The van der Waals surface area contributed by atoms with Gasteiger partial charge in [0.15, 0.2) is 0 Å². The molecular weight excluding hydrogens is 235 g/mol. The summed E-state index contributed by atoms with van der Waals surface area (Å²) in [6.07, 6.45) is 6.56. The number of aliphatic carboxylic acids is 1. The summed E-state index contributed by atoms with van der Waals surface area (Å²) in [5.74, 6) is -0.691. The van der Waals surface area contributed by atoms with Gasteiger partial charge in [0.2, 0.25) is 0 Å². The first-order valence-electron chi connectivity index (χ1n) is 6.46. The second-order valence-electron chi connectivity index (χ2n) is 5.14. The van der Waals surface area contributed by atoms with Gasteiger partial charge in [-0.15, -0.1) is 0 Å². The van der Waals surface area contributed by atoms with Gasteiger partial charge in [-0.2, -0.15) is 0 Å². The first-order valence-corrected chi connectivity index (χ1v) is 6.46. The number of carbonyl (C=O) groups excluding carboxylic acids is 1. The third kappa shape index (κ3) is 4.11. The number of carboxylic acids is 1. The van der Waals surface area contributed by atoms with Gasteiger partial charge >= 0.3 is 29.6 Å². The fourth-order valence-corrected chi connectivity index (χ4v) is 2.63. The van der Waals surface area contributed by atoms with Gasteiger partial charge < -0.3 is 9.90 Å². The van der Waals surface area contributed by atoms with Gasteiger partial charge in [-0.1, -0.05) is 56.9 Å². The summed E-state index contributed by atoms with van der Waals surface area (Å²) in [7, 11) is 0. The maximum atomic E-state index is 10.8. The van der Waals surface area contributed by atoms with Gasteiger partial charge in [-0.3, -0.25) is 0 Å². The zero-order chi connectivity index (χ0) is 12.3. The largest absolute Gasteiger partial charge is 1.00 e. The number of rotatable bonds is 4. The van der Waals surface area contributed by atoms with Crippen LogP contribution in [0, 0.1) is 5.92 Å². The van der Waals surface area contributed by atoms with Crippen LogP contribution in [0.2, 0.25) is 0 Å². The molecule has 3 heteroatoms. The van der Waals surface area contributed by atoms with Crippen molar-refractivity contribution >= 4 is 5.97 Å². The smallest absolute Gasteiger partial charge is 0.550 e. The Morgan fingerprint density at radius 1 is 1.28 bits per heavy atom. The minimum atomic E-state index is -1.01. The second-order valence-corrected chi connectivity index (χ2v) is 5.14. The molecule has 0 bridgehead atoms. The van der Waals surface area contributed by atoms with E-state index < -0.39 is 11.9 Å². The van der Waals surface area contributed by atoms with Crippen LogP contribution in [0.1, 0.15) is 49.7 Å². The molecule has 0 heterocycles. The van der Waals surface area contributed by atoms with Crippen LogP contribution in [-0.4, -0.2) is 5.97 Å². The first kappa shape index (κ1) is 15.7. The Morgan fingerprint density at radius 2 is 1.83 bits per heavy atom. The summed E-state index contributed by atoms with van der Waals surface area (Å²) in [6.45, 7) is 1.67.